The van der Waals surface area contributed by atoms with Gasteiger partial charge in [-0.25, -0.2) is 0 Å². The largest absolute Gasteiger partial charge is 0.394 e. The number of aliphatic hydroxyl groups is 1. The Morgan fingerprint density at radius 1 is 1.33 bits per heavy atom. The fourth-order valence-corrected chi connectivity index (χ4v) is 3.10. The lowest BCUT2D eigenvalue weighted by molar-refractivity contribution is 0.141. The first-order chi connectivity index (χ1) is 8.69. The zero-order valence-corrected chi connectivity index (χ0v) is 12.5. The number of rotatable bonds is 9. The molecule has 2 unspecified atom stereocenters. The molecule has 0 aromatic carbocycles. The van der Waals surface area contributed by atoms with E-state index in [2.05, 4.69) is 31.0 Å². The van der Waals surface area contributed by atoms with Gasteiger partial charge in [-0.1, -0.05) is 27.2 Å². The second-order valence-corrected chi connectivity index (χ2v) is 5.79. The highest BCUT2D eigenvalue weighted by Gasteiger charge is 2.26. The fraction of sp³-hybridized carbons (Fsp3) is 1.00. The van der Waals surface area contributed by atoms with Crippen LogP contribution >= 0.6 is 0 Å². The van der Waals surface area contributed by atoms with Gasteiger partial charge in [0.25, 0.3) is 0 Å². The molecule has 0 radical (unpaired) electrons. The molecule has 0 saturated carbocycles. The average molecular weight is 256 g/mol. The fourth-order valence-electron chi connectivity index (χ4n) is 3.10. The molecule has 0 aliphatic carbocycles. The van der Waals surface area contributed by atoms with Crippen molar-refractivity contribution in [3.63, 3.8) is 0 Å². The SMILES string of the molecule is CCNC(CC)(CO)CCCN1CCC(CC)C1. The molecule has 0 aromatic rings. The number of likely N-dealkylation sites (N-methyl/N-ethyl adjacent to an activating group) is 1. The van der Waals surface area contributed by atoms with Gasteiger partial charge in [-0.3, -0.25) is 0 Å². The zero-order chi connectivity index (χ0) is 13.4. The van der Waals surface area contributed by atoms with E-state index in [1.54, 1.807) is 0 Å². The first kappa shape index (κ1) is 15.9. The van der Waals surface area contributed by atoms with Crippen molar-refractivity contribution < 1.29 is 5.11 Å². The van der Waals surface area contributed by atoms with Crippen molar-refractivity contribution in [2.75, 3.05) is 32.8 Å². The molecule has 0 amide bonds. The summed E-state index contributed by atoms with van der Waals surface area (Å²) < 4.78 is 0. The molecule has 2 atom stereocenters. The van der Waals surface area contributed by atoms with Crippen LogP contribution in [0.3, 0.4) is 0 Å². The Kier molecular flexibility index (Phi) is 7.20. The van der Waals surface area contributed by atoms with Crippen LogP contribution in [0.1, 0.15) is 52.9 Å². The molecule has 3 heteroatoms. The van der Waals surface area contributed by atoms with Gasteiger partial charge in [-0.2, -0.15) is 0 Å². The number of aliphatic hydroxyl groups excluding tert-OH is 1. The Balaban J connectivity index is 2.26. The van der Waals surface area contributed by atoms with Crippen LogP contribution in [0.25, 0.3) is 0 Å². The summed E-state index contributed by atoms with van der Waals surface area (Å²) in [6.07, 6.45) is 5.99. The van der Waals surface area contributed by atoms with E-state index in [-0.39, 0.29) is 12.1 Å². The molecule has 1 fully saturated rings. The van der Waals surface area contributed by atoms with E-state index in [4.69, 9.17) is 0 Å². The van der Waals surface area contributed by atoms with Crippen LogP contribution in [0, 0.1) is 5.92 Å². The normalized spacial score (nSPS) is 24.3. The number of nitrogens with one attached hydrogen (secondary N) is 1. The van der Waals surface area contributed by atoms with Gasteiger partial charge in [-0.15, -0.1) is 0 Å². The number of likely N-dealkylation sites (tertiary alicyclic amines) is 1. The van der Waals surface area contributed by atoms with E-state index in [1.165, 1.54) is 38.9 Å². The van der Waals surface area contributed by atoms with Crippen molar-refractivity contribution in [2.24, 2.45) is 5.92 Å². The maximum Gasteiger partial charge on any atom is 0.0613 e. The van der Waals surface area contributed by atoms with Crippen molar-refractivity contribution in [3.8, 4) is 0 Å². The topological polar surface area (TPSA) is 35.5 Å². The van der Waals surface area contributed by atoms with Gasteiger partial charge in [0.15, 0.2) is 0 Å². The Morgan fingerprint density at radius 2 is 2.11 bits per heavy atom. The molecule has 1 aliphatic rings. The summed E-state index contributed by atoms with van der Waals surface area (Å²) in [6.45, 7) is 11.5. The van der Waals surface area contributed by atoms with Gasteiger partial charge in [-0.05, 0) is 51.2 Å². The van der Waals surface area contributed by atoms with E-state index in [9.17, 15) is 5.11 Å². The summed E-state index contributed by atoms with van der Waals surface area (Å²) >= 11 is 0. The van der Waals surface area contributed by atoms with Crippen molar-refractivity contribution in [3.05, 3.63) is 0 Å². The number of hydrogen-bond acceptors (Lipinski definition) is 3. The highest BCUT2D eigenvalue weighted by Crippen LogP contribution is 2.21. The summed E-state index contributed by atoms with van der Waals surface area (Å²) in [7, 11) is 0. The third kappa shape index (κ3) is 4.52. The van der Waals surface area contributed by atoms with Crippen LogP contribution in [0.2, 0.25) is 0 Å². The molecule has 0 spiro atoms. The van der Waals surface area contributed by atoms with Gasteiger partial charge in [0.2, 0.25) is 0 Å². The molecule has 1 heterocycles. The Labute approximate surface area is 113 Å². The molecular formula is C15H32N2O. The van der Waals surface area contributed by atoms with E-state index in [0.29, 0.717) is 0 Å². The lowest BCUT2D eigenvalue weighted by Crippen LogP contribution is -2.48. The molecule has 2 N–H and O–H groups in total. The van der Waals surface area contributed by atoms with Crippen molar-refractivity contribution >= 4 is 0 Å². The highest BCUT2D eigenvalue weighted by atomic mass is 16.3. The van der Waals surface area contributed by atoms with Crippen LogP contribution in [-0.4, -0.2) is 48.3 Å². The second kappa shape index (κ2) is 8.13. The smallest absolute Gasteiger partial charge is 0.0613 e. The Morgan fingerprint density at radius 3 is 2.61 bits per heavy atom. The maximum atomic E-state index is 9.60. The Bertz CT molecular complexity index is 217. The third-order valence-electron chi connectivity index (χ3n) is 4.61. The minimum absolute atomic E-state index is 0.0430. The van der Waals surface area contributed by atoms with E-state index in [1.807, 2.05) is 0 Å². The van der Waals surface area contributed by atoms with Crippen molar-refractivity contribution in [1.82, 2.24) is 10.2 Å². The standard InChI is InChI=1S/C15H32N2O/c1-4-14-8-11-17(12-14)10-7-9-15(5-2,13-18)16-6-3/h14,16,18H,4-13H2,1-3H3. The summed E-state index contributed by atoms with van der Waals surface area (Å²) in [5.41, 5.74) is -0.0430. The summed E-state index contributed by atoms with van der Waals surface area (Å²) in [5, 5.41) is 13.1. The van der Waals surface area contributed by atoms with Gasteiger partial charge >= 0.3 is 0 Å². The molecule has 1 rings (SSSR count). The molecule has 1 saturated heterocycles. The molecule has 0 bridgehead atoms. The minimum Gasteiger partial charge on any atom is -0.394 e. The molecular weight excluding hydrogens is 224 g/mol. The molecule has 1 aliphatic heterocycles. The van der Waals surface area contributed by atoms with E-state index in [0.717, 1.165) is 25.3 Å². The van der Waals surface area contributed by atoms with E-state index < -0.39 is 0 Å². The maximum absolute atomic E-state index is 9.60. The summed E-state index contributed by atoms with van der Waals surface area (Å²) in [6, 6.07) is 0. The zero-order valence-electron chi connectivity index (χ0n) is 12.5. The van der Waals surface area contributed by atoms with Gasteiger partial charge in [0.1, 0.15) is 0 Å². The van der Waals surface area contributed by atoms with Gasteiger partial charge in [0.05, 0.1) is 6.61 Å². The van der Waals surface area contributed by atoms with E-state index >= 15 is 0 Å². The quantitative estimate of drug-likeness (QED) is 0.664. The summed E-state index contributed by atoms with van der Waals surface area (Å²) in [4.78, 5) is 2.60. The monoisotopic (exact) mass is 256 g/mol. The molecule has 3 nitrogen and oxygen atoms in total. The Hall–Kier alpha value is -0.120. The van der Waals surface area contributed by atoms with Crippen LogP contribution in [0.5, 0.6) is 0 Å². The van der Waals surface area contributed by atoms with Crippen LogP contribution in [0.4, 0.5) is 0 Å². The van der Waals surface area contributed by atoms with Crippen LogP contribution in [0.15, 0.2) is 0 Å². The number of hydrogen-bond donors (Lipinski definition) is 2. The lowest BCUT2D eigenvalue weighted by atomic mass is 9.91. The predicted octanol–water partition coefficient (Wildman–Crippen LogP) is 2.25. The average Bonchev–Trinajstić information content (AvgIpc) is 2.85. The predicted molar refractivity (Wildman–Crippen MR) is 77.9 cm³/mol. The lowest BCUT2D eigenvalue weighted by Gasteiger charge is -2.32. The van der Waals surface area contributed by atoms with Crippen molar-refractivity contribution in [1.29, 1.82) is 0 Å². The molecule has 18 heavy (non-hydrogen) atoms. The molecule has 0 aromatic heterocycles. The number of nitrogens with zero attached hydrogens (tertiary/aromatic N) is 1. The third-order valence-corrected chi connectivity index (χ3v) is 4.61. The van der Waals surface area contributed by atoms with Crippen LogP contribution < -0.4 is 5.32 Å². The van der Waals surface area contributed by atoms with Crippen molar-refractivity contribution in [2.45, 2.75) is 58.4 Å². The molecule has 108 valence electrons. The van der Waals surface area contributed by atoms with Gasteiger partial charge in [0, 0.05) is 12.1 Å². The van der Waals surface area contributed by atoms with Crippen LogP contribution in [-0.2, 0) is 0 Å². The first-order valence-electron chi connectivity index (χ1n) is 7.78. The first-order valence-corrected chi connectivity index (χ1v) is 7.78. The summed E-state index contributed by atoms with van der Waals surface area (Å²) in [5.74, 6) is 0.924. The second-order valence-electron chi connectivity index (χ2n) is 5.79. The van der Waals surface area contributed by atoms with Gasteiger partial charge < -0.3 is 15.3 Å². The highest BCUT2D eigenvalue weighted by molar-refractivity contribution is 4.86. The minimum atomic E-state index is -0.0430.